The van der Waals surface area contributed by atoms with E-state index in [-0.39, 0.29) is 63.2 Å². The number of carbonyl (C=O) groups excluding carboxylic acids is 4. The number of amides is 2. The lowest BCUT2D eigenvalue weighted by atomic mass is 9.79. The Bertz CT molecular complexity index is 3260. The number of thiophene rings is 4. The van der Waals surface area contributed by atoms with Crippen LogP contribution in [0.3, 0.4) is 0 Å². The van der Waals surface area contributed by atoms with E-state index >= 15 is 9.59 Å². The summed E-state index contributed by atoms with van der Waals surface area (Å²) >= 11 is 7.09. The monoisotopic (exact) mass is 966 g/mol. The first kappa shape index (κ1) is 43.4. The number of hydrogen-bond donors (Lipinski definition) is 0. The zero-order chi connectivity index (χ0) is 45.6. The number of benzene rings is 2. The summed E-state index contributed by atoms with van der Waals surface area (Å²) < 4.78 is 15.2. The van der Waals surface area contributed by atoms with Gasteiger partial charge < -0.3 is 9.47 Å². The Balaban J connectivity index is 1.21. The SMILES string of the molecule is CCN1C(=O)/C(=N/c2cc3c(s2)-c2sc4c(sc5cc(/N=C6\SC(=C(C#N)C#N)N(CC)C6=O)sc54)c2C3(C(=O)OCc2ccccc2)C(=O)OCc2ccccc2)SC1=C(C#N)C#N. The van der Waals surface area contributed by atoms with E-state index in [4.69, 9.17) is 14.5 Å². The van der Waals surface area contributed by atoms with Crippen LogP contribution in [0.1, 0.15) is 36.1 Å². The summed E-state index contributed by atoms with van der Waals surface area (Å²) in [5.74, 6) is -2.65. The van der Waals surface area contributed by atoms with Gasteiger partial charge >= 0.3 is 11.9 Å². The van der Waals surface area contributed by atoms with Crippen LogP contribution in [0, 0.1) is 45.3 Å². The predicted molar refractivity (Wildman–Crippen MR) is 252 cm³/mol. The van der Waals surface area contributed by atoms with Crippen LogP contribution >= 0.6 is 68.9 Å². The molecule has 4 aromatic heterocycles. The number of nitriles is 4. The molecule has 0 bridgehead atoms. The average Bonchev–Trinajstić information content (AvgIpc) is 4.19. The Hall–Kier alpha value is -6.88. The third-order valence-electron chi connectivity index (χ3n) is 10.4. The highest BCUT2D eigenvalue weighted by molar-refractivity contribution is 8.20. The van der Waals surface area contributed by atoms with Gasteiger partial charge in [-0.1, -0.05) is 60.7 Å². The Kier molecular flexibility index (Phi) is 11.7. The minimum Gasteiger partial charge on any atom is -0.459 e. The second-order valence-corrected chi connectivity index (χ2v) is 20.1. The number of hydrogen-bond acceptors (Lipinski definition) is 18. The molecule has 20 heteroatoms. The van der Waals surface area contributed by atoms with Crippen LogP contribution in [0.2, 0.25) is 0 Å². The third-order valence-corrected chi connectivity index (χ3v) is 17.5. The van der Waals surface area contributed by atoms with Gasteiger partial charge in [-0.15, -0.1) is 45.3 Å². The number of fused-ring (bicyclic) bond motifs is 7. The van der Waals surface area contributed by atoms with Crippen LogP contribution in [-0.2, 0) is 47.3 Å². The van der Waals surface area contributed by atoms with Gasteiger partial charge in [0.25, 0.3) is 11.8 Å². The van der Waals surface area contributed by atoms with E-state index in [1.807, 2.05) is 66.7 Å². The van der Waals surface area contributed by atoms with E-state index in [0.717, 1.165) is 37.6 Å². The molecule has 0 N–H and O–H groups in total. The van der Waals surface area contributed by atoms with Gasteiger partial charge in [-0.05, 0) is 60.6 Å². The van der Waals surface area contributed by atoms with E-state index < -0.39 is 29.2 Å². The van der Waals surface area contributed by atoms with Crippen molar-refractivity contribution in [1.82, 2.24) is 9.80 Å². The number of ether oxygens (including phenoxy) is 2. The highest BCUT2D eigenvalue weighted by Crippen LogP contribution is 2.63. The second-order valence-electron chi connectivity index (χ2n) is 14.0. The number of rotatable bonds is 10. The molecule has 0 saturated carbocycles. The zero-order valence-corrected chi connectivity index (χ0v) is 38.6. The molecule has 2 amide bonds. The minimum atomic E-state index is -2.14. The molecule has 2 aliphatic heterocycles. The van der Waals surface area contributed by atoms with Gasteiger partial charge in [-0.3, -0.25) is 29.0 Å². The molecule has 0 unspecified atom stereocenters. The lowest BCUT2D eigenvalue weighted by Gasteiger charge is -2.26. The summed E-state index contributed by atoms with van der Waals surface area (Å²) in [5.41, 5.74) is -0.466. The second kappa shape index (κ2) is 17.6. The highest BCUT2D eigenvalue weighted by Gasteiger charge is 2.61. The molecule has 14 nitrogen and oxygen atoms in total. The molecule has 2 aromatic carbocycles. The Morgan fingerprint density at radius 3 is 1.60 bits per heavy atom. The van der Waals surface area contributed by atoms with Crippen molar-refractivity contribution in [1.29, 1.82) is 21.0 Å². The van der Waals surface area contributed by atoms with Gasteiger partial charge in [0.2, 0.25) is 5.41 Å². The molecule has 318 valence electrons. The van der Waals surface area contributed by atoms with Gasteiger partial charge in [-0.2, -0.15) is 21.0 Å². The van der Waals surface area contributed by atoms with Crippen LogP contribution in [0.15, 0.2) is 104 Å². The fraction of sp³-hybridized carbons (Fsp3) is 0.156. The maximum Gasteiger partial charge on any atom is 0.333 e. The van der Waals surface area contributed by atoms with Crippen LogP contribution in [-0.4, -0.2) is 56.7 Å². The van der Waals surface area contributed by atoms with Crippen LogP contribution in [0.5, 0.6) is 0 Å². The normalized spacial score (nSPS) is 16.2. The van der Waals surface area contributed by atoms with Crippen LogP contribution in [0.25, 0.3) is 28.6 Å². The average molecular weight is 967 g/mol. The van der Waals surface area contributed by atoms with Crippen molar-refractivity contribution in [3.63, 3.8) is 0 Å². The third kappa shape index (κ3) is 7.21. The van der Waals surface area contributed by atoms with Crippen LogP contribution < -0.4 is 0 Å². The zero-order valence-electron chi connectivity index (χ0n) is 33.7. The van der Waals surface area contributed by atoms with Crippen molar-refractivity contribution < 1.29 is 28.7 Å². The topological polar surface area (TPSA) is 213 Å². The molecule has 0 spiro atoms. The van der Waals surface area contributed by atoms with Crippen molar-refractivity contribution in [2.45, 2.75) is 32.5 Å². The number of thioether (sulfide) groups is 2. The summed E-state index contributed by atoms with van der Waals surface area (Å²) in [5, 5.41) is 39.6. The summed E-state index contributed by atoms with van der Waals surface area (Å²) in [6.07, 6.45) is 0. The quantitative estimate of drug-likeness (QED) is 0.0713. The van der Waals surface area contributed by atoms with Gasteiger partial charge in [0.05, 0.1) is 23.9 Å². The molecule has 6 heterocycles. The van der Waals surface area contributed by atoms with Gasteiger partial charge in [0, 0.05) is 28.9 Å². The fourth-order valence-corrected chi connectivity index (χ4v) is 15.1. The van der Waals surface area contributed by atoms with Crippen LogP contribution in [0.4, 0.5) is 10.0 Å². The van der Waals surface area contributed by atoms with Crippen molar-refractivity contribution in [3.8, 4) is 34.0 Å². The summed E-state index contributed by atoms with van der Waals surface area (Å²) in [7, 11) is 0. The summed E-state index contributed by atoms with van der Waals surface area (Å²) in [4.78, 5) is 70.5. The van der Waals surface area contributed by atoms with Crippen molar-refractivity contribution >= 4 is 132 Å². The first-order chi connectivity index (χ1) is 31.6. The van der Waals surface area contributed by atoms with Gasteiger partial charge in [0.1, 0.15) is 57.6 Å². The smallest absolute Gasteiger partial charge is 0.333 e. The molecule has 1 aliphatic carbocycles. The molecule has 0 atom stereocenters. The number of allylic oxidation sites excluding steroid dienone is 2. The fourth-order valence-electron chi connectivity index (χ4n) is 7.43. The van der Waals surface area contributed by atoms with Crippen molar-refractivity contribution in [2.75, 3.05) is 13.1 Å². The van der Waals surface area contributed by atoms with E-state index in [0.29, 0.717) is 41.1 Å². The number of esters is 2. The lowest BCUT2D eigenvalue weighted by Crippen LogP contribution is -2.45. The van der Waals surface area contributed by atoms with Crippen molar-refractivity contribution in [3.05, 3.63) is 116 Å². The summed E-state index contributed by atoms with van der Waals surface area (Å²) in [6.45, 7) is 3.60. The van der Waals surface area contributed by atoms with E-state index in [1.165, 1.54) is 55.1 Å². The Labute approximate surface area is 394 Å². The van der Waals surface area contributed by atoms with E-state index in [2.05, 4.69) is 4.99 Å². The van der Waals surface area contributed by atoms with E-state index in [1.54, 1.807) is 44.2 Å². The molecule has 6 aromatic rings. The molecule has 0 radical (unpaired) electrons. The first-order valence-electron chi connectivity index (χ1n) is 19.4. The molecule has 9 rings (SSSR count). The minimum absolute atomic E-state index is 0.00978. The molecular weight excluding hydrogens is 941 g/mol. The summed E-state index contributed by atoms with van der Waals surface area (Å²) in [6, 6.07) is 29.0. The van der Waals surface area contributed by atoms with Gasteiger partial charge in [0.15, 0.2) is 21.2 Å². The first-order valence-corrected chi connectivity index (χ1v) is 24.3. The highest BCUT2D eigenvalue weighted by atomic mass is 32.2. The molecular formula is C45H26N8O6S6. The number of aliphatic imine (C=N–C) groups is 2. The largest absolute Gasteiger partial charge is 0.459 e. The van der Waals surface area contributed by atoms with E-state index in [9.17, 15) is 30.6 Å². The number of carbonyl (C=O) groups is 4. The molecule has 2 fully saturated rings. The van der Waals surface area contributed by atoms with Gasteiger partial charge in [-0.25, -0.2) is 9.98 Å². The molecule has 2 saturated heterocycles. The predicted octanol–water partition coefficient (Wildman–Crippen LogP) is 9.76. The Morgan fingerprint density at radius 2 is 1.12 bits per heavy atom. The standard InChI is InChI=1S/C45H26N8O6S6/c1-3-52-39(54)37(64-41(52)25(17-46)18-47)50-29-15-27-32(61-29)34-31(45(27,43(56)58-21-23-11-7-5-8-12-23)44(57)59-22-24-13-9-6-10-14-24)35-36(63-34)33-28(60-35)16-30(62-33)51-38-40(55)53(4-2)42(65-38)26(19-48)20-49/h5-16H,3-4,21-22H2,1-2H3/b50-37-,51-38-. The lowest BCUT2D eigenvalue weighted by molar-refractivity contribution is -0.164. The van der Waals surface area contributed by atoms with Crippen molar-refractivity contribution in [2.24, 2.45) is 9.98 Å². The Morgan fingerprint density at radius 1 is 0.631 bits per heavy atom. The molecule has 3 aliphatic rings. The maximum atomic E-state index is 15.2. The maximum absolute atomic E-state index is 15.2. The molecule has 65 heavy (non-hydrogen) atoms. The number of nitrogens with zero attached hydrogens (tertiary/aromatic N) is 8.